The van der Waals surface area contributed by atoms with E-state index in [0.717, 1.165) is 17.0 Å². The minimum atomic E-state index is -0.244. The van der Waals surface area contributed by atoms with E-state index in [1.54, 1.807) is 12.1 Å². The number of hydrogen-bond donors (Lipinski definition) is 1. The third-order valence-corrected chi connectivity index (χ3v) is 3.53. The zero-order chi connectivity index (χ0) is 14.7. The molecule has 2 aromatic rings. The molecule has 0 aliphatic heterocycles. The lowest BCUT2D eigenvalue weighted by molar-refractivity contribution is 0.549. The van der Waals surface area contributed by atoms with Crippen molar-refractivity contribution >= 4 is 11.6 Å². The molecule has 1 atom stereocenters. The van der Waals surface area contributed by atoms with E-state index in [9.17, 15) is 4.39 Å². The van der Waals surface area contributed by atoms with Crippen LogP contribution >= 0.6 is 11.6 Å². The Kier molecular flexibility index (Phi) is 4.68. The lowest BCUT2D eigenvalue weighted by Gasteiger charge is -2.19. The number of hydrogen-bond acceptors (Lipinski definition) is 3. The van der Waals surface area contributed by atoms with E-state index < -0.39 is 0 Å². The van der Waals surface area contributed by atoms with Gasteiger partial charge in [0, 0.05) is 11.1 Å². The molecule has 3 nitrogen and oxygen atoms in total. The van der Waals surface area contributed by atoms with Crippen molar-refractivity contribution in [3.05, 3.63) is 57.6 Å². The fraction of sp³-hybridized carbons (Fsp3) is 0.333. The van der Waals surface area contributed by atoms with Gasteiger partial charge in [-0.15, -0.1) is 0 Å². The lowest BCUT2D eigenvalue weighted by atomic mass is 9.97. The third-order valence-electron chi connectivity index (χ3n) is 3.30. The van der Waals surface area contributed by atoms with Gasteiger partial charge in [0.15, 0.2) is 0 Å². The van der Waals surface area contributed by atoms with Crippen LogP contribution in [0.15, 0.2) is 24.3 Å². The zero-order valence-corrected chi connectivity index (χ0v) is 12.5. The molecule has 0 fully saturated rings. The van der Waals surface area contributed by atoms with Gasteiger partial charge in [-0.05, 0) is 62.7 Å². The van der Waals surface area contributed by atoms with E-state index in [4.69, 9.17) is 11.6 Å². The number of rotatable bonds is 4. The van der Waals surface area contributed by atoms with Gasteiger partial charge in [0.1, 0.15) is 5.82 Å². The van der Waals surface area contributed by atoms with Crippen molar-refractivity contribution in [1.29, 1.82) is 0 Å². The fourth-order valence-corrected chi connectivity index (χ4v) is 2.40. The quantitative estimate of drug-likeness (QED) is 0.939. The molecule has 0 saturated heterocycles. The Morgan fingerprint density at radius 2 is 2.00 bits per heavy atom. The summed E-state index contributed by atoms with van der Waals surface area (Å²) in [7, 11) is 1.85. The number of nitrogens with zero attached hydrogens (tertiary/aromatic N) is 2. The second-order valence-corrected chi connectivity index (χ2v) is 5.24. The van der Waals surface area contributed by atoms with Gasteiger partial charge in [-0.3, -0.25) is 0 Å². The van der Waals surface area contributed by atoms with Gasteiger partial charge < -0.3 is 5.32 Å². The van der Waals surface area contributed by atoms with E-state index in [2.05, 4.69) is 15.5 Å². The number of nitrogens with one attached hydrogen (secondary N) is 1. The van der Waals surface area contributed by atoms with E-state index >= 15 is 0 Å². The maximum Gasteiger partial charge on any atom is 0.126 e. The summed E-state index contributed by atoms with van der Waals surface area (Å²) in [6, 6.07) is 6.56. The van der Waals surface area contributed by atoms with Gasteiger partial charge in [0.2, 0.25) is 0 Å². The van der Waals surface area contributed by atoms with Crippen LogP contribution in [0, 0.1) is 19.7 Å². The highest BCUT2D eigenvalue weighted by atomic mass is 35.5. The molecule has 0 spiro atoms. The minimum absolute atomic E-state index is 0.0304. The summed E-state index contributed by atoms with van der Waals surface area (Å²) in [6.07, 6.45) is 0.509. The second-order valence-electron chi connectivity index (χ2n) is 4.81. The van der Waals surface area contributed by atoms with Gasteiger partial charge in [-0.25, -0.2) is 4.39 Å². The van der Waals surface area contributed by atoms with E-state index in [0.29, 0.717) is 17.0 Å². The largest absolute Gasteiger partial charge is 0.313 e. The Bertz CT molecular complexity index is 616. The van der Waals surface area contributed by atoms with Gasteiger partial charge in [0.05, 0.1) is 11.4 Å². The predicted molar refractivity (Wildman–Crippen MR) is 78.4 cm³/mol. The average molecular weight is 294 g/mol. The number of aryl methyl sites for hydroxylation is 2. The average Bonchev–Trinajstić information content (AvgIpc) is 2.42. The SMILES string of the molecule is CNC(Cc1cc(Cl)ccc1F)c1cc(C)nnc1C. The Balaban J connectivity index is 2.33. The highest BCUT2D eigenvalue weighted by Gasteiger charge is 2.16. The van der Waals surface area contributed by atoms with Crippen LogP contribution in [0.2, 0.25) is 5.02 Å². The van der Waals surface area contributed by atoms with Crippen LogP contribution < -0.4 is 5.32 Å². The van der Waals surface area contributed by atoms with Crippen molar-refractivity contribution in [1.82, 2.24) is 15.5 Å². The minimum Gasteiger partial charge on any atom is -0.313 e. The standard InChI is InChI=1S/C15H17ClFN3/c1-9-6-13(10(2)20-19-9)15(18-3)8-11-7-12(16)4-5-14(11)17/h4-7,15,18H,8H2,1-3H3. The molecule has 0 bridgehead atoms. The number of halogens is 2. The molecule has 0 amide bonds. The first kappa shape index (κ1) is 14.9. The summed E-state index contributed by atoms with van der Waals surface area (Å²) in [5.41, 5.74) is 3.31. The van der Waals surface area contributed by atoms with Crippen LogP contribution in [0.1, 0.15) is 28.6 Å². The lowest BCUT2D eigenvalue weighted by Crippen LogP contribution is -2.21. The summed E-state index contributed by atoms with van der Waals surface area (Å²) in [5, 5.41) is 11.9. The van der Waals surface area contributed by atoms with Crippen LogP contribution in [-0.2, 0) is 6.42 Å². The zero-order valence-electron chi connectivity index (χ0n) is 11.7. The number of benzene rings is 1. The highest BCUT2D eigenvalue weighted by Crippen LogP contribution is 2.24. The monoisotopic (exact) mass is 293 g/mol. The molecular weight excluding hydrogens is 277 g/mol. The van der Waals surface area contributed by atoms with Crippen molar-refractivity contribution in [3.8, 4) is 0 Å². The first-order valence-corrected chi connectivity index (χ1v) is 6.81. The number of likely N-dealkylation sites (N-methyl/N-ethyl adjacent to an activating group) is 1. The fourth-order valence-electron chi connectivity index (χ4n) is 2.21. The maximum absolute atomic E-state index is 13.8. The molecule has 0 radical (unpaired) electrons. The summed E-state index contributed by atoms with van der Waals surface area (Å²) >= 11 is 5.94. The van der Waals surface area contributed by atoms with Crippen LogP contribution in [0.25, 0.3) is 0 Å². The molecule has 1 aromatic carbocycles. The molecular formula is C15H17ClFN3. The van der Waals surface area contributed by atoms with Gasteiger partial charge >= 0.3 is 0 Å². The molecule has 106 valence electrons. The summed E-state index contributed by atoms with van der Waals surface area (Å²) in [5.74, 6) is -0.244. The van der Waals surface area contributed by atoms with Crippen molar-refractivity contribution in [2.45, 2.75) is 26.3 Å². The van der Waals surface area contributed by atoms with Gasteiger partial charge in [-0.2, -0.15) is 10.2 Å². The van der Waals surface area contributed by atoms with Gasteiger partial charge in [0.25, 0.3) is 0 Å². The predicted octanol–water partition coefficient (Wildman–Crippen LogP) is 3.39. The Labute approximate surface area is 123 Å². The number of aromatic nitrogens is 2. The molecule has 5 heteroatoms. The third kappa shape index (κ3) is 3.32. The van der Waals surface area contributed by atoms with Crippen LogP contribution in [0.3, 0.4) is 0 Å². The van der Waals surface area contributed by atoms with Gasteiger partial charge in [-0.1, -0.05) is 11.6 Å². The van der Waals surface area contributed by atoms with Crippen molar-refractivity contribution in [3.63, 3.8) is 0 Å². The second kappa shape index (κ2) is 6.29. The Morgan fingerprint density at radius 3 is 2.70 bits per heavy atom. The molecule has 1 heterocycles. The smallest absolute Gasteiger partial charge is 0.126 e. The van der Waals surface area contributed by atoms with E-state index in [-0.39, 0.29) is 11.9 Å². The molecule has 2 rings (SSSR count). The van der Waals surface area contributed by atoms with Crippen molar-refractivity contribution in [2.24, 2.45) is 0 Å². The van der Waals surface area contributed by atoms with Crippen molar-refractivity contribution < 1.29 is 4.39 Å². The molecule has 0 aliphatic carbocycles. The molecule has 20 heavy (non-hydrogen) atoms. The molecule has 1 unspecified atom stereocenters. The topological polar surface area (TPSA) is 37.8 Å². The summed E-state index contributed by atoms with van der Waals surface area (Å²) < 4.78 is 13.8. The van der Waals surface area contributed by atoms with Crippen molar-refractivity contribution in [2.75, 3.05) is 7.05 Å². The first-order chi connectivity index (χ1) is 9.51. The maximum atomic E-state index is 13.8. The summed E-state index contributed by atoms with van der Waals surface area (Å²) in [6.45, 7) is 3.79. The van der Waals surface area contributed by atoms with E-state index in [1.165, 1.54) is 6.07 Å². The normalized spacial score (nSPS) is 12.4. The molecule has 0 saturated carbocycles. The Morgan fingerprint density at radius 1 is 1.25 bits per heavy atom. The van der Waals surface area contributed by atoms with Crippen LogP contribution in [-0.4, -0.2) is 17.2 Å². The molecule has 1 N–H and O–H groups in total. The first-order valence-electron chi connectivity index (χ1n) is 6.43. The highest BCUT2D eigenvalue weighted by molar-refractivity contribution is 6.30. The van der Waals surface area contributed by atoms with E-state index in [1.807, 2.05) is 27.0 Å². The van der Waals surface area contributed by atoms with Crippen LogP contribution in [0.4, 0.5) is 4.39 Å². The summed E-state index contributed by atoms with van der Waals surface area (Å²) in [4.78, 5) is 0. The molecule has 0 aliphatic rings. The van der Waals surface area contributed by atoms with Crippen LogP contribution in [0.5, 0.6) is 0 Å². The Hall–Kier alpha value is -1.52. The molecule has 1 aromatic heterocycles.